The van der Waals surface area contributed by atoms with Crippen molar-refractivity contribution >= 4 is 34.4 Å². The third-order valence-electron chi connectivity index (χ3n) is 2.43. The van der Waals surface area contributed by atoms with E-state index >= 15 is 0 Å². The fraction of sp³-hybridized carbons (Fsp3) is 0.0833. The lowest BCUT2D eigenvalue weighted by atomic mass is 10.2. The number of fused-ring (bicyclic) bond motifs is 1. The van der Waals surface area contributed by atoms with Crippen LogP contribution >= 0.6 is 23.4 Å². The minimum absolute atomic E-state index is 0.430. The second-order valence-electron chi connectivity index (χ2n) is 3.84. The molecule has 3 aromatic rings. The van der Waals surface area contributed by atoms with E-state index in [9.17, 15) is 0 Å². The van der Waals surface area contributed by atoms with Gasteiger partial charge in [0.25, 0.3) is 0 Å². The number of aromatic nitrogens is 4. The van der Waals surface area contributed by atoms with Crippen LogP contribution in [-0.2, 0) is 0 Å². The molecular weight excluding hydrogens is 268 g/mol. The number of hydrogen-bond acceptors (Lipinski definition) is 4. The molecule has 6 heteroatoms. The van der Waals surface area contributed by atoms with Crippen molar-refractivity contribution in [3.05, 3.63) is 41.3 Å². The summed E-state index contributed by atoms with van der Waals surface area (Å²) < 4.78 is 0. The van der Waals surface area contributed by atoms with Gasteiger partial charge in [-0.05, 0) is 36.4 Å². The van der Waals surface area contributed by atoms with E-state index in [1.54, 1.807) is 6.07 Å². The molecule has 0 saturated carbocycles. The van der Waals surface area contributed by atoms with E-state index in [4.69, 9.17) is 11.6 Å². The van der Waals surface area contributed by atoms with Crippen molar-refractivity contribution in [2.75, 3.05) is 0 Å². The molecule has 0 fully saturated rings. The highest BCUT2D eigenvalue weighted by Crippen LogP contribution is 2.26. The second-order valence-corrected chi connectivity index (χ2v) is 5.24. The second kappa shape index (κ2) is 4.59. The number of hydrogen-bond donors (Lipinski definition) is 1. The van der Waals surface area contributed by atoms with Crippen LogP contribution in [0.2, 0.25) is 5.15 Å². The highest BCUT2D eigenvalue weighted by Gasteiger charge is 2.06. The first-order valence-corrected chi connectivity index (χ1v) is 6.52. The van der Waals surface area contributed by atoms with Crippen molar-refractivity contribution in [3.8, 4) is 0 Å². The van der Waals surface area contributed by atoms with E-state index in [0.717, 1.165) is 21.2 Å². The van der Waals surface area contributed by atoms with Crippen LogP contribution < -0.4 is 0 Å². The van der Waals surface area contributed by atoms with Gasteiger partial charge < -0.3 is 4.98 Å². The summed E-state index contributed by atoms with van der Waals surface area (Å²) >= 11 is 7.25. The molecule has 0 atom stereocenters. The van der Waals surface area contributed by atoms with E-state index in [2.05, 4.69) is 32.9 Å². The van der Waals surface area contributed by atoms with Crippen molar-refractivity contribution < 1.29 is 0 Å². The van der Waals surface area contributed by atoms with Gasteiger partial charge in [-0.1, -0.05) is 17.7 Å². The van der Waals surface area contributed by atoms with Gasteiger partial charge in [-0.25, -0.2) is 15.0 Å². The molecule has 1 N–H and O–H groups in total. The Hall–Kier alpha value is -1.59. The summed E-state index contributed by atoms with van der Waals surface area (Å²) in [4.78, 5) is 15.7. The quantitative estimate of drug-likeness (QED) is 0.728. The van der Waals surface area contributed by atoms with Crippen molar-refractivity contribution in [3.63, 3.8) is 0 Å². The Labute approximate surface area is 113 Å². The topological polar surface area (TPSA) is 54.5 Å². The van der Waals surface area contributed by atoms with Crippen LogP contribution in [0.4, 0.5) is 0 Å². The van der Waals surface area contributed by atoms with Crippen molar-refractivity contribution in [1.29, 1.82) is 0 Å². The van der Waals surface area contributed by atoms with E-state index in [0.29, 0.717) is 5.15 Å². The Morgan fingerprint density at radius 2 is 2.11 bits per heavy atom. The summed E-state index contributed by atoms with van der Waals surface area (Å²) in [5.41, 5.74) is 3.17. The lowest BCUT2D eigenvalue weighted by molar-refractivity contribution is 1.02. The first-order chi connectivity index (χ1) is 8.70. The third-order valence-corrected chi connectivity index (χ3v) is 3.45. The van der Waals surface area contributed by atoms with Gasteiger partial charge in [0.05, 0.1) is 11.0 Å². The van der Waals surface area contributed by atoms with Gasteiger partial charge in [0.1, 0.15) is 16.5 Å². The Morgan fingerprint density at radius 1 is 1.22 bits per heavy atom. The lowest BCUT2D eigenvalue weighted by Gasteiger charge is -1.95. The maximum Gasteiger partial charge on any atom is 0.172 e. The zero-order valence-electron chi connectivity index (χ0n) is 9.51. The van der Waals surface area contributed by atoms with Crippen molar-refractivity contribution in [2.24, 2.45) is 0 Å². The van der Waals surface area contributed by atoms with Crippen LogP contribution in [-0.4, -0.2) is 19.9 Å². The number of imidazole rings is 1. The Balaban J connectivity index is 1.95. The summed E-state index contributed by atoms with van der Waals surface area (Å²) in [6.45, 7) is 2.05. The zero-order valence-corrected chi connectivity index (χ0v) is 11.1. The Morgan fingerprint density at radius 3 is 2.94 bits per heavy atom. The first-order valence-electron chi connectivity index (χ1n) is 5.32. The smallest absolute Gasteiger partial charge is 0.172 e. The summed E-state index contributed by atoms with van der Waals surface area (Å²) in [5, 5.41) is 2.00. The number of nitrogens with zero attached hydrogens (tertiary/aromatic N) is 3. The maximum absolute atomic E-state index is 5.82. The molecule has 0 radical (unpaired) electrons. The van der Waals surface area contributed by atoms with Gasteiger partial charge in [-0.2, -0.15) is 0 Å². The molecule has 2 aromatic heterocycles. The van der Waals surface area contributed by atoms with Gasteiger partial charge in [0, 0.05) is 6.07 Å². The number of H-pyrrole nitrogens is 1. The predicted molar refractivity (Wildman–Crippen MR) is 72.0 cm³/mol. The minimum Gasteiger partial charge on any atom is -0.333 e. The molecule has 18 heavy (non-hydrogen) atoms. The number of nitrogens with one attached hydrogen (secondary N) is 1. The van der Waals surface area contributed by atoms with Crippen LogP contribution in [0, 0.1) is 6.92 Å². The van der Waals surface area contributed by atoms with E-state index in [1.807, 2.05) is 12.1 Å². The molecule has 0 saturated heterocycles. The highest BCUT2D eigenvalue weighted by atomic mass is 35.5. The molecule has 0 aliphatic heterocycles. The Kier molecular flexibility index (Phi) is 2.93. The molecule has 0 spiro atoms. The molecule has 0 bridgehead atoms. The SMILES string of the molecule is Cc1ccc2nc(Sc3cc(Cl)ncn3)[nH]c2c1. The van der Waals surface area contributed by atoms with E-state index in [1.165, 1.54) is 23.7 Å². The molecule has 0 unspecified atom stereocenters. The minimum atomic E-state index is 0.430. The largest absolute Gasteiger partial charge is 0.333 e. The first kappa shape index (κ1) is 11.5. The van der Waals surface area contributed by atoms with E-state index < -0.39 is 0 Å². The average molecular weight is 277 g/mol. The summed E-state index contributed by atoms with van der Waals surface area (Å²) in [5.74, 6) is 0. The standard InChI is InChI=1S/C12H9ClN4S/c1-7-2-3-8-9(4-7)17-12(16-8)18-11-5-10(13)14-6-15-11/h2-6H,1H3,(H,16,17). The van der Waals surface area contributed by atoms with Gasteiger partial charge >= 0.3 is 0 Å². The number of benzene rings is 1. The fourth-order valence-corrected chi connectivity index (χ4v) is 2.61. The van der Waals surface area contributed by atoms with E-state index in [-0.39, 0.29) is 0 Å². The molecular formula is C12H9ClN4S. The molecule has 1 aromatic carbocycles. The van der Waals surface area contributed by atoms with Gasteiger partial charge in [0.2, 0.25) is 0 Å². The maximum atomic E-state index is 5.82. The summed E-state index contributed by atoms with van der Waals surface area (Å²) in [6.07, 6.45) is 1.44. The Bertz CT molecular complexity index is 710. The lowest BCUT2D eigenvalue weighted by Crippen LogP contribution is -1.83. The van der Waals surface area contributed by atoms with Crippen LogP contribution in [0.3, 0.4) is 0 Å². The molecule has 2 heterocycles. The monoisotopic (exact) mass is 276 g/mol. The molecule has 3 rings (SSSR count). The van der Waals surface area contributed by atoms with Crippen LogP contribution in [0.5, 0.6) is 0 Å². The number of rotatable bonds is 2. The molecule has 0 aliphatic rings. The van der Waals surface area contributed by atoms with Gasteiger partial charge in [-0.3, -0.25) is 0 Å². The van der Waals surface area contributed by atoms with Crippen molar-refractivity contribution in [2.45, 2.75) is 17.1 Å². The normalized spacial score (nSPS) is 11.0. The van der Waals surface area contributed by atoms with Crippen LogP contribution in [0.15, 0.2) is 40.8 Å². The van der Waals surface area contributed by atoms with Crippen LogP contribution in [0.1, 0.15) is 5.56 Å². The number of aromatic amines is 1. The zero-order chi connectivity index (χ0) is 12.5. The number of halogens is 1. The fourth-order valence-electron chi connectivity index (χ4n) is 1.62. The molecule has 90 valence electrons. The molecule has 0 amide bonds. The summed E-state index contributed by atoms with van der Waals surface area (Å²) in [6, 6.07) is 7.82. The van der Waals surface area contributed by atoms with Crippen LogP contribution in [0.25, 0.3) is 11.0 Å². The molecule has 4 nitrogen and oxygen atoms in total. The average Bonchev–Trinajstić information content (AvgIpc) is 2.70. The van der Waals surface area contributed by atoms with Gasteiger partial charge in [-0.15, -0.1) is 0 Å². The predicted octanol–water partition coefficient (Wildman–Crippen LogP) is 3.47. The highest BCUT2D eigenvalue weighted by molar-refractivity contribution is 7.99. The van der Waals surface area contributed by atoms with Crippen molar-refractivity contribution in [1.82, 2.24) is 19.9 Å². The molecule has 0 aliphatic carbocycles. The van der Waals surface area contributed by atoms with Gasteiger partial charge in [0.15, 0.2) is 5.16 Å². The summed E-state index contributed by atoms with van der Waals surface area (Å²) in [7, 11) is 0. The third kappa shape index (κ3) is 2.32. The number of aryl methyl sites for hydroxylation is 1.